The van der Waals surface area contributed by atoms with Crippen LogP contribution in [0, 0.1) is 11.8 Å². The fourth-order valence-corrected chi connectivity index (χ4v) is 3.58. The molecule has 1 aliphatic rings. The fourth-order valence-electron chi connectivity index (χ4n) is 3.58. The summed E-state index contributed by atoms with van der Waals surface area (Å²) in [6, 6.07) is 0.803. The lowest BCUT2D eigenvalue weighted by Gasteiger charge is -2.33. The van der Waals surface area contributed by atoms with Crippen LogP contribution in [-0.4, -0.2) is 12.6 Å². The van der Waals surface area contributed by atoms with E-state index < -0.39 is 0 Å². The van der Waals surface area contributed by atoms with Gasteiger partial charge in [0, 0.05) is 6.04 Å². The quantitative estimate of drug-likeness (QED) is 0.599. The fraction of sp³-hybridized carbons (Fsp3) is 1.00. The summed E-state index contributed by atoms with van der Waals surface area (Å²) in [7, 11) is 0. The van der Waals surface area contributed by atoms with Crippen LogP contribution in [0.15, 0.2) is 0 Å². The van der Waals surface area contributed by atoms with Crippen LogP contribution in [0.4, 0.5) is 0 Å². The van der Waals surface area contributed by atoms with Crippen molar-refractivity contribution in [1.29, 1.82) is 0 Å². The van der Waals surface area contributed by atoms with Crippen molar-refractivity contribution in [1.82, 2.24) is 5.32 Å². The zero-order chi connectivity index (χ0) is 13.2. The van der Waals surface area contributed by atoms with Gasteiger partial charge < -0.3 is 5.32 Å². The van der Waals surface area contributed by atoms with Gasteiger partial charge in [-0.2, -0.15) is 0 Å². The molecule has 108 valence electrons. The molecule has 1 rings (SSSR count). The highest BCUT2D eigenvalue weighted by Crippen LogP contribution is 2.31. The predicted octanol–water partition coefficient (Wildman–Crippen LogP) is 5.15. The maximum Gasteiger partial charge on any atom is 0.00978 e. The van der Waals surface area contributed by atoms with Crippen molar-refractivity contribution in [3.63, 3.8) is 0 Å². The highest BCUT2D eigenvalue weighted by Gasteiger charge is 2.24. The van der Waals surface area contributed by atoms with Crippen molar-refractivity contribution in [3.05, 3.63) is 0 Å². The Morgan fingerprint density at radius 2 is 1.78 bits per heavy atom. The van der Waals surface area contributed by atoms with Gasteiger partial charge >= 0.3 is 0 Å². The average Bonchev–Trinajstić information content (AvgIpc) is 2.43. The standard InChI is InChI=1S/C17H35N/c1-4-7-11-15(5-2)14-17(18-6-3)16-12-9-8-10-13-16/h15-18H,4-14H2,1-3H3. The van der Waals surface area contributed by atoms with E-state index in [9.17, 15) is 0 Å². The molecule has 0 aromatic rings. The van der Waals surface area contributed by atoms with E-state index >= 15 is 0 Å². The predicted molar refractivity (Wildman–Crippen MR) is 82.0 cm³/mol. The van der Waals surface area contributed by atoms with E-state index in [1.165, 1.54) is 64.2 Å². The Morgan fingerprint density at radius 1 is 1.06 bits per heavy atom. The second-order valence-corrected chi connectivity index (χ2v) is 6.21. The molecule has 0 bridgehead atoms. The monoisotopic (exact) mass is 253 g/mol. The van der Waals surface area contributed by atoms with Gasteiger partial charge in [-0.3, -0.25) is 0 Å². The molecule has 0 aliphatic heterocycles. The average molecular weight is 253 g/mol. The third-order valence-electron chi connectivity index (χ3n) is 4.82. The van der Waals surface area contributed by atoms with E-state index in [0.29, 0.717) is 0 Å². The first-order valence-corrected chi connectivity index (χ1v) is 8.55. The Kier molecular flexibility index (Phi) is 8.75. The van der Waals surface area contributed by atoms with Gasteiger partial charge in [0.2, 0.25) is 0 Å². The van der Waals surface area contributed by atoms with Crippen molar-refractivity contribution in [2.75, 3.05) is 6.54 Å². The lowest BCUT2D eigenvalue weighted by Crippen LogP contribution is -2.38. The third kappa shape index (κ3) is 5.73. The minimum Gasteiger partial charge on any atom is -0.314 e. The number of unbranched alkanes of at least 4 members (excludes halogenated alkanes) is 1. The number of hydrogen-bond acceptors (Lipinski definition) is 1. The number of hydrogen-bond donors (Lipinski definition) is 1. The Hall–Kier alpha value is -0.0400. The maximum absolute atomic E-state index is 3.79. The second kappa shape index (κ2) is 9.83. The summed E-state index contributed by atoms with van der Waals surface area (Å²) in [6.07, 6.45) is 14.4. The number of rotatable bonds is 9. The molecule has 1 saturated carbocycles. The van der Waals surface area contributed by atoms with Crippen molar-refractivity contribution < 1.29 is 0 Å². The topological polar surface area (TPSA) is 12.0 Å². The molecule has 0 heterocycles. The van der Waals surface area contributed by atoms with Gasteiger partial charge in [-0.15, -0.1) is 0 Å². The highest BCUT2D eigenvalue weighted by molar-refractivity contribution is 4.81. The zero-order valence-electron chi connectivity index (χ0n) is 13.0. The first-order valence-electron chi connectivity index (χ1n) is 8.55. The van der Waals surface area contributed by atoms with Crippen molar-refractivity contribution >= 4 is 0 Å². The normalized spacial score (nSPS) is 20.8. The lowest BCUT2D eigenvalue weighted by molar-refractivity contribution is 0.228. The van der Waals surface area contributed by atoms with Gasteiger partial charge in [-0.25, -0.2) is 0 Å². The third-order valence-corrected chi connectivity index (χ3v) is 4.82. The van der Waals surface area contributed by atoms with Gasteiger partial charge in [-0.05, 0) is 37.6 Å². The lowest BCUT2D eigenvalue weighted by atomic mass is 9.79. The first-order chi connectivity index (χ1) is 8.81. The molecule has 1 aliphatic carbocycles. The largest absolute Gasteiger partial charge is 0.314 e. The van der Waals surface area contributed by atoms with Crippen LogP contribution in [0.2, 0.25) is 0 Å². The number of nitrogens with one attached hydrogen (secondary N) is 1. The highest BCUT2D eigenvalue weighted by atomic mass is 14.9. The van der Waals surface area contributed by atoms with E-state index in [2.05, 4.69) is 26.1 Å². The molecule has 1 nitrogen and oxygen atoms in total. The molecule has 0 spiro atoms. The van der Waals surface area contributed by atoms with E-state index in [1.54, 1.807) is 0 Å². The van der Waals surface area contributed by atoms with Crippen molar-refractivity contribution in [2.24, 2.45) is 11.8 Å². The molecule has 0 radical (unpaired) electrons. The first kappa shape index (κ1) is 16.0. The summed E-state index contributed by atoms with van der Waals surface area (Å²) in [4.78, 5) is 0. The molecule has 0 aromatic heterocycles. The van der Waals surface area contributed by atoms with Crippen LogP contribution in [-0.2, 0) is 0 Å². The van der Waals surface area contributed by atoms with Gasteiger partial charge in [0.15, 0.2) is 0 Å². The van der Waals surface area contributed by atoms with Crippen LogP contribution >= 0.6 is 0 Å². The summed E-state index contributed by atoms with van der Waals surface area (Å²) in [5, 5.41) is 3.79. The van der Waals surface area contributed by atoms with Crippen molar-refractivity contribution in [2.45, 2.75) is 91.0 Å². The van der Waals surface area contributed by atoms with Gasteiger partial charge in [0.05, 0.1) is 0 Å². The zero-order valence-corrected chi connectivity index (χ0v) is 13.0. The summed E-state index contributed by atoms with van der Waals surface area (Å²) in [5.41, 5.74) is 0. The molecule has 0 amide bonds. The maximum atomic E-state index is 3.79. The molecule has 0 aromatic carbocycles. The van der Waals surface area contributed by atoms with Gasteiger partial charge in [0.1, 0.15) is 0 Å². The van der Waals surface area contributed by atoms with Gasteiger partial charge in [0.25, 0.3) is 0 Å². The molecule has 1 fully saturated rings. The second-order valence-electron chi connectivity index (χ2n) is 6.21. The minimum absolute atomic E-state index is 0.803. The Morgan fingerprint density at radius 3 is 2.33 bits per heavy atom. The van der Waals surface area contributed by atoms with Gasteiger partial charge in [-0.1, -0.05) is 65.7 Å². The molecule has 2 unspecified atom stereocenters. The van der Waals surface area contributed by atoms with Crippen molar-refractivity contribution in [3.8, 4) is 0 Å². The van der Waals surface area contributed by atoms with Crippen LogP contribution in [0.1, 0.15) is 85.0 Å². The smallest absolute Gasteiger partial charge is 0.00978 e. The molecule has 0 saturated heterocycles. The molecule has 18 heavy (non-hydrogen) atoms. The van der Waals surface area contributed by atoms with Crippen LogP contribution in [0.25, 0.3) is 0 Å². The van der Waals surface area contributed by atoms with Crippen LogP contribution in [0.5, 0.6) is 0 Å². The summed E-state index contributed by atoms with van der Waals surface area (Å²) in [5.74, 6) is 1.92. The Labute approximate surface area is 115 Å². The molecule has 1 heteroatoms. The van der Waals surface area contributed by atoms with Crippen LogP contribution < -0.4 is 5.32 Å². The van der Waals surface area contributed by atoms with E-state index in [4.69, 9.17) is 0 Å². The summed E-state index contributed by atoms with van der Waals surface area (Å²) >= 11 is 0. The molecule has 1 N–H and O–H groups in total. The summed E-state index contributed by atoms with van der Waals surface area (Å²) < 4.78 is 0. The van der Waals surface area contributed by atoms with E-state index in [1.807, 2.05) is 0 Å². The SMILES string of the molecule is CCCCC(CC)CC(NCC)C1CCCCC1. The molecular weight excluding hydrogens is 218 g/mol. The van der Waals surface area contributed by atoms with E-state index in [-0.39, 0.29) is 0 Å². The Bertz CT molecular complexity index is 184. The van der Waals surface area contributed by atoms with E-state index in [0.717, 1.165) is 24.4 Å². The Balaban J connectivity index is 2.43. The minimum atomic E-state index is 0.803. The summed E-state index contributed by atoms with van der Waals surface area (Å²) in [6.45, 7) is 8.11. The van der Waals surface area contributed by atoms with Crippen LogP contribution in [0.3, 0.4) is 0 Å². The molecule has 2 atom stereocenters. The molecular formula is C17H35N.